The Hall–Kier alpha value is -2.86. The Morgan fingerprint density at radius 1 is 1.15 bits per heavy atom. The second kappa shape index (κ2) is 9.73. The number of carbonyl (C=O) groups excluding carboxylic acids is 1. The average molecular weight is 382 g/mol. The number of hydrogen-bond acceptors (Lipinski definition) is 5. The zero-order valence-electron chi connectivity index (χ0n) is 15.2. The van der Waals surface area contributed by atoms with Gasteiger partial charge in [-0.2, -0.15) is 11.3 Å². The SMILES string of the molecule is CCOc1cc(C(=O)NCCc2ccsc2)ccc1OCc1cccnc1. The molecule has 0 radical (unpaired) electrons. The van der Waals surface area contributed by atoms with Crippen molar-refractivity contribution in [3.05, 3.63) is 76.2 Å². The molecule has 0 saturated carbocycles. The number of amides is 1. The minimum Gasteiger partial charge on any atom is -0.490 e. The Kier molecular flexibility index (Phi) is 6.82. The summed E-state index contributed by atoms with van der Waals surface area (Å²) in [4.78, 5) is 16.5. The van der Waals surface area contributed by atoms with Crippen LogP contribution in [-0.2, 0) is 13.0 Å². The van der Waals surface area contributed by atoms with Crippen molar-refractivity contribution in [3.8, 4) is 11.5 Å². The predicted molar refractivity (Wildman–Crippen MR) is 107 cm³/mol. The molecule has 6 heteroatoms. The van der Waals surface area contributed by atoms with E-state index in [2.05, 4.69) is 21.7 Å². The fourth-order valence-corrected chi connectivity index (χ4v) is 3.24. The van der Waals surface area contributed by atoms with E-state index >= 15 is 0 Å². The van der Waals surface area contributed by atoms with Crippen molar-refractivity contribution >= 4 is 17.2 Å². The van der Waals surface area contributed by atoms with Gasteiger partial charge in [0.25, 0.3) is 5.91 Å². The van der Waals surface area contributed by atoms with Crippen molar-refractivity contribution in [2.75, 3.05) is 13.2 Å². The fraction of sp³-hybridized carbons (Fsp3) is 0.238. The van der Waals surface area contributed by atoms with Crippen LogP contribution in [0.4, 0.5) is 0 Å². The van der Waals surface area contributed by atoms with E-state index in [0.717, 1.165) is 12.0 Å². The van der Waals surface area contributed by atoms with Gasteiger partial charge in [-0.15, -0.1) is 0 Å². The van der Waals surface area contributed by atoms with Crippen LogP contribution >= 0.6 is 11.3 Å². The molecule has 1 N–H and O–H groups in total. The largest absolute Gasteiger partial charge is 0.490 e. The molecule has 0 aliphatic carbocycles. The maximum absolute atomic E-state index is 12.4. The van der Waals surface area contributed by atoms with Gasteiger partial charge in [0.15, 0.2) is 11.5 Å². The van der Waals surface area contributed by atoms with Crippen molar-refractivity contribution < 1.29 is 14.3 Å². The Bertz CT molecular complexity index is 851. The number of nitrogens with zero attached hydrogens (tertiary/aromatic N) is 1. The van der Waals surface area contributed by atoms with Crippen LogP contribution in [0.2, 0.25) is 0 Å². The minimum atomic E-state index is -0.120. The van der Waals surface area contributed by atoms with E-state index in [4.69, 9.17) is 9.47 Å². The number of aromatic nitrogens is 1. The van der Waals surface area contributed by atoms with Gasteiger partial charge in [-0.1, -0.05) is 6.07 Å². The van der Waals surface area contributed by atoms with Crippen LogP contribution < -0.4 is 14.8 Å². The lowest BCUT2D eigenvalue weighted by atomic mass is 10.1. The van der Waals surface area contributed by atoms with Crippen molar-refractivity contribution in [3.63, 3.8) is 0 Å². The first-order valence-corrected chi connectivity index (χ1v) is 9.78. The molecule has 3 aromatic rings. The van der Waals surface area contributed by atoms with E-state index in [1.807, 2.05) is 24.4 Å². The first kappa shape index (κ1) is 18.9. The summed E-state index contributed by atoms with van der Waals surface area (Å²) >= 11 is 1.66. The number of hydrogen-bond donors (Lipinski definition) is 1. The van der Waals surface area contributed by atoms with Crippen LogP contribution in [0.3, 0.4) is 0 Å². The van der Waals surface area contributed by atoms with E-state index in [9.17, 15) is 4.79 Å². The summed E-state index contributed by atoms with van der Waals surface area (Å²) in [5.74, 6) is 1.05. The van der Waals surface area contributed by atoms with Gasteiger partial charge in [0.2, 0.25) is 0 Å². The molecule has 0 aliphatic rings. The standard InChI is InChI=1S/C21H22N2O3S/c1-2-25-20-12-18(21(24)23-10-7-16-8-11-27-15-16)5-6-19(20)26-14-17-4-3-9-22-13-17/h3-6,8-9,11-13,15H,2,7,10,14H2,1H3,(H,23,24). The Morgan fingerprint density at radius 2 is 2.07 bits per heavy atom. The first-order valence-electron chi connectivity index (χ1n) is 8.84. The van der Waals surface area contributed by atoms with E-state index in [1.54, 1.807) is 41.9 Å². The topological polar surface area (TPSA) is 60.5 Å². The number of rotatable bonds is 9. The van der Waals surface area contributed by atoms with Gasteiger partial charge in [-0.25, -0.2) is 0 Å². The second-order valence-corrected chi connectivity index (χ2v) is 6.66. The van der Waals surface area contributed by atoms with Crippen LogP contribution in [0.15, 0.2) is 59.6 Å². The number of benzene rings is 1. The molecule has 0 aliphatic heterocycles. The smallest absolute Gasteiger partial charge is 0.251 e. The summed E-state index contributed by atoms with van der Waals surface area (Å²) in [5, 5.41) is 7.07. The third-order valence-electron chi connectivity index (χ3n) is 3.90. The van der Waals surface area contributed by atoms with Crippen molar-refractivity contribution in [1.82, 2.24) is 10.3 Å². The molecule has 0 fully saturated rings. The highest BCUT2D eigenvalue weighted by molar-refractivity contribution is 7.07. The van der Waals surface area contributed by atoms with Gasteiger partial charge < -0.3 is 14.8 Å². The maximum atomic E-state index is 12.4. The number of carbonyl (C=O) groups is 1. The Labute approximate surface area is 163 Å². The first-order chi connectivity index (χ1) is 13.3. The molecular weight excluding hydrogens is 360 g/mol. The molecule has 3 rings (SSSR count). The molecule has 140 valence electrons. The highest BCUT2D eigenvalue weighted by Gasteiger charge is 2.12. The van der Waals surface area contributed by atoms with Gasteiger partial charge in [-0.3, -0.25) is 9.78 Å². The third kappa shape index (κ3) is 5.56. The maximum Gasteiger partial charge on any atom is 0.251 e. The fourth-order valence-electron chi connectivity index (χ4n) is 2.54. The molecule has 0 spiro atoms. The summed E-state index contributed by atoms with van der Waals surface area (Å²) in [7, 11) is 0. The number of ether oxygens (including phenoxy) is 2. The van der Waals surface area contributed by atoms with Crippen molar-refractivity contribution in [2.24, 2.45) is 0 Å². The molecule has 0 unspecified atom stereocenters. The third-order valence-corrected chi connectivity index (χ3v) is 4.63. The van der Waals surface area contributed by atoms with Crippen LogP contribution in [-0.4, -0.2) is 24.0 Å². The summed E-state index contributed by atoms with van der Waals surface area (Å²) < 4.78 is 11.5. The van der Waals surface area contributed by atoms with E-state index in [0.29, 0.717) is 36.8 Å². The molecule has 0 saturated heterocycles. The van der Waals surface area contributed by atoms with Crippen molar-refractivity contribution in [2.45, 2.75) is 20.0 Å². The molecule has 2 heterocycles. The number of nitrogens with one attached hydrogen (secondary N) is 1. The highest BCUT2D eigenvalue weighted by Crippen LogP contribution is 2.29. The highest BCUT2D eigenvalue weighted by atomic mass is 32.1. The summed E-state index contributed by atoms with van der Waals surface area (Å²) in [6.45, 7) is 3.38. The van der Waals surface area contributed by atoms with E-state index in [-0.39, 0.29) is 5.91 Å². The zero-order valence-corrected chi connectivity index (χ0v) is 16.0. The van der Waals surface area contributed by atoms with E-state index < -0.39 is 0 Å². The quantitative estimate of drug-likeness (QED) is 0.605. The van der Waals surface area contributed by atoms with Crippen LogP contribution in [0.25, 0.3) is 0 Å². The monoisotopic (exact) mass is 382 g/mol. The Morgan fingerprint density at radius 3 is 2.81 bits per heavy atom. The lowest BCUT2D eigenvalue weighted by molar-refractivity contribution is 0.0953. The molecule has 5 nitrogen and oxygen atoms in total. The Balaban J connectivity index is 1.62. The molecule has 27 heavy (non-hydrogen) atoms. The number of pyridine rings is 1. The van der Waals surface area contributed by atoms with Gasteiger partial charge in [0.05, 0.1) is 6.61 Å². The van der Waals surface area contributed by atoms with Crippen LogP contribution in [0.1, 0.15) is 28.4 Å². The normalized spacial score (nSPS) is 10.4. The molecule has 0 atom stereocenters. The second-order valence-electron chi connectivity index (χ2n) is 5.88. The average Bonchev–Trinajstić information content (AvgIpc) is 3.21. The van der Waals surface area contributed by atoms with E-state index in [1.165, 1.54) is 5.56 Å². The lowest BCUT2D eigenvalue weighted by Crippen LogP contribution is -2.25. The zero-order chi connectivity index (χ0) is 18.9. The summed E-state index contributed by atoms with van der Waals surface area (Å²) in [6, 6.07) is 11.1. The lowest BCUT2D eigenvalue weighted by Gasteiger charge is -2.13. The minimum absolute atomic E-state index is 0.120. The molecule has 1 aromatic carbocycles. The summed E-state index contributed by atoms with van der Waals surface area (Å²) in [6.07, 6.45) is 4.30. The summed E-state index contributed by atoms with van der Waals surface area (Å²) in [5.41, 5.74) is 2.75. The predicted octanol–water partition coefficient (Wildman–Crippen LogP) is 4.09. The van der Waals surface area contributed by atoms with Crippen LogP contribution in [0, 0.1) is 0 Å². The van der Waals surface area contributed by atoms with Crippen LogP contribution in [0.5, 0.6) is 11.5 Å². The number of thiophene rings is 1. The molecular formula is C21H22N2O3S. The van der Waals surface area contributed by atoms with Gasteiger partial charge in [0, 0.05) is 30.1 Å². The van der Waals surface area contributed by atoms with Crippen molar-refractivity contribution in [1.29, 1.82) is 0 Å². The molecule has 1 amide bonds. The molecule has 2 aromatic heterocycles. The molecule has 0 bridgehead atoms. The van der Waals surface area contributed by atoms with Gasteiger partial charge >= 0.3 is 0 Å². The van der Waals surface area contributed by atoms with Gasteiger partial charge in [-0.05, 0) is 60.0 Å². The van der Waals surface area contributed by atoms with Gasteiger partial charge in [0.1, 0.15) is 6.61 Å².